The molecular weight excluding hydrogens is 531 g/mol. The summed E-state index contributed by atoms with van der Waals surface area (Å²) in [4.78, 5) is 50.3. The van der Waals surface area contributed by atoms with E-state index in [1.807, 2.05) is 0 Å². The molecule has 0 saturated heterocycles. The van der Waals surface area contributed by atoms with E-state index in [9.17, 15) is 19.2 Å². The number of methoxy groups -OCH3 is 1. The van der Waals surface area contributed by atoms with Crippen molar-refractivity contribution in [2.45, 2.75) is 19.0 Å². The highest BCUT2D eigenvalue weighted by Gasteiger charge is 2.25. The van der Waals surface area contributed by atoms with Crippen LogP contribution in [0.25, 0.3) is 0 Å². The van der Waals surface area contributed by atoms with Crippen molar-refractivity contribution < 1.29 is 23.9 Å². The smallest absolute Gasteiger partial charge is 0.328 e. The molecule has 198 valence electrons. The molecule has 0 bridgehead atoms. The number of hydrogen-bond donors (Lipinski definition) is 3. The van der Waals surface area contributed by atoms with Gasteiger partial charge in [-0.05, 0) is 47.5 Å². The predicted molar refractivity (Wildman–Crippen MR) is 146 cm³/mol. The van der Waals surface area contributed by atoms with Gasteiger partial charge in [0.2, 0.25) is 6.41 Å². The number of anilines is 2. The number of hydrogen-bond acceptors (Lipinski definition) is 6. The molecule has 3 aromatic rings. The van der Waals surface area contributed by atoms with Crippen LogP contribution in [0.15, 0.2) is 60.7 Å². The van der Waals surface area contributed by atoms with Gasteiger partial charge >= 0.3 is 5.97 Å². The van der Waals surface area contributed by atoms with Crippen molar-refractivity contribution in [2.24, 2.45) is 0 Å². The Kier molecular flexibility index (Phi) is 9.70. The largest absolute Gasteiger partial charge is 0.467 e. The standard InChI is InChI=1S/C27H26Cl2N4O5/c1-33(15-34)14-17-8-11-22(30)19(12-17)25(35)31-18-9-6-16(7-10-18)13-23(27(37)38-2)32-26(36)24-20(28)4-3-5-21(24)29/h3-12,15,23H,13-14,30H2,1-2H3,(H,31,35)(H,32,36)/t23-/m0/s1. The second-order valence-electron chi connectivity index (χ2n) is 8.44. The lowest BCUT2D eigenvalue weighted by Gasteiger charge is -2.18. The molecule has 0 heterocycles. The average Bonchev–Trinajstić information content (AvgIpc) is 2.89. The average molecular weight is 557 g/mol. The van der Waals surface area contributed by atoms with E-state index in [2.05, 4.69) is 10.6 Å². The minimum atomic E-state index is -1.01. The molecule has 0 aliphatic carbocycles. The van der Waals surface area contributed by atoms with Gasteiger partial charge in [0, 0.05) is 31.4 Å². The Bertz CT molecular complexity index is 1330. The van der Waals surface area contributed by atoms with Crippen molar-refractivity contribution >= 4 is 58.8 Å². The molecule has 1 atom stereocenters. The van der Waals surface area contributed by atoms with E-state index in [1.54, 1.807) is 55.6 Å². The van der Waals surface area contributed by atoms with E-state index in [1.165, 1.54) is 24.1 Å². The van der Waals surface area contributed by atoms with E-state index in [-0.39, 0.29) is 27.6 Å². The summed E-state index contributed by atoms with van der Waals surface area (Å²) in [5, 5.41) is 5.71. The van der Waals surface area contributed by atoms with E-state index < -0.39 is 23.8 Å². The first-order valence-electron chi connectivity index (χ1n) is 11.4. The second kappa shape index (κ2) is 12.9. The number of carbonyl (C=O) groups is 4. The fraction of sp³-hybridized carbons (Fsp3) is 0.185. The fourth-order valence-electron chi connectivity index (χ4n) is 3.66. The summed E-state index contributed by atoms with van der Waals surface area (Å²) in [6, 6.07) is 15.4. The van der Waals surface area contributed by atoms with Crippen molar-refractivity contribution in [1.82, 2.24) is 10.2 Å². The third-order valence-corrected chi connectivity index (χ3v) is 6.24. The number of carbonyl (C=O) groups excluding carboxylic acids is 4. The molecule has 0 aliphatic heterocycles. The molecule has 0 radical (unpaired) electrons. The zero-order valence-corrected chi connectivity index (χ0v) is 22.2. The predicted octanol–water partition coefficient (Wildman–Crippen LogP) is 3.93. The Morgan fingerprint density at radius 1 is 1.00 bits per heavy atom. The molecule has 0 aliphatic rings. The van der Waals surface area contributed by atoms with Gasteiger partial charge in [-0.1, -0.05) is 47.5 Å². The summed E-state index contributed by atoms with van der Waals surface area (Å²) in [7, 11) is 2.85. The number of nitrogens with one attached hydrogen (secondary N) is 2. The summed E-state index contributed by atoms with van der Waals surface area (Å²) in [5.74, 6) is -1.67. The Labute approximate surface area is 229 Å². The first kappa shape index (κ1) is 28.5. The number of nitrogens with two attached hydrogens (primary N) is 1. The van der Waals surface area contributed by atoms with Crippen molar-refractivity contribution in [3.63, 3.8) is 0 Å². The zero-order chi connectivity index (χ0) is 27.8. The molecule has 0 saturated carbocycles. The second-order valence-corrected chi connectivity index (χ2v) is 9.26. The summed E-state index contributed by atoms with van der Waals surface area (Å²) >= 11 is 12.2. The van der Waals surface area contributed by atoms with Crippen LogP contribution >= 0.6 is 23.2 Å². The van der Waals surface area contributed by atoms with Gasteiger partial charge in [-0.25, -0.2) is 4.79 Å². The molecule has 0 aromatic heterocycles. The zero-order valence-electron chi connectivity index (χ0n) is 20.7. The van der Waals surface area contributed by atoms with Crippen LogP contribution < -0.4 is 16.4 Å². The Morgan fingerprint density at radius 3 is 2.24 bits per heavy atom. The first-order valence-corrected chi connectivity index (χ1v) is 12.2. The fourth-order valence-corrected chi connectivity index (χ4v) is 4.23. The van der Waals surface area contributed by atoms with E-state index in [0.717, 1.165) is 5.56 Å². The molecule has 0 unspecified atom stereocenters. The molecule has 38 heavy (non-hydrogen) atoms. The maximum atomic E-state index is 12.8. The van der Waals surface area contributed by atoms with Crippen LogP contribution in [0, 0.1) is 0 Å². The number of benzene rings is 3. The van der Waals surface area contributed by atoms with Crippen LogP contribution in [0.5, 0.6) is 0 Å². The lowest BCUT2D eigenvalue weighted by molar-refractivity contribution is -0.142. The SMILES string of the molecule is COC(=O)[C@H](Cc1ccc(NC(=O)c2cc(CN(C)C=O)ccc2N)cc1)NC(=O)c1c(Cl)cccc1Cl. The first-order chi connectivity index (χ1) is 18.1. The summed E-state index contributed by atoms with van der Waals surface area (Å²) in [6.07, 6.45) is 0.813. The van der Waals surface area contributed by atoms with Gasteiger partial charge in [-0.3, -0.25) is 14.4 Å². The molecular formula is C27H26Cl2N4O5. The van der Waals surface area contributed by atoms with Crippen molar-refractivity contribution in [3.05, 3.63) is 93.0 Å². The maximum Gasteiger partial charge on any atom is 0.328 e. The highest BCUT2D eigenvalue weighted by atomic mass is 35.5. The van der Waals surface area contributed by atoms with E-state index in [4.69, 9.17) is 33.7 Å². The highest BCUT2D eigenvalue weighted by molar-refractivity contribution is 6.39. The van der Waals surface area contributed by atoms with Gasteiger partial charge in [0.25, 0.3) is 11.8 Å². The van der Waals surface area contributed by atoms with Crippen LogP contribution in [0.2, 0.25) is 10.0 Å². The third kappa shape index (κ3) is 7.24. The number of nitrogens with zero attached hydrogens (tertiary/aromatic N) is 1. The number of halogens is 2. The van der Waals surface area contributed by atoms with Gasteiger partial charge in [-0.15, -0.1) is 0 Å². The maximum absolute atomic E-state index is 12.8. The lowest BCUT2D eigenvalue weighted by atomic mass is 10.0. The number of nitrogen functional groups attached to an aromatic ring is 1. The molecule has 3 amide bonds. The third-order valence-electron chi connectivity index (χ3n) is 5.61. The van der Waals surface area contributed by atoms with E-state index >= 15 is 0 Å². The van der Waals surface area contributed by atoms with Gasteiger partial charge in [-0.2, -0.15) is 0 Å². The van der Waals surface area contributed by atoms with Crippen molar-refractivity contribution in [2.75, 3.05) is 25.2 Å². The molecule has 0 spiro atoms. The monoisotopic (exact) mass is 556 g/mol. The van der Waals surface area contributed by atoms with Gasteiger partial charge in [0.15, 0.2) is 0 Å². The summed E-state index contributed by atoms with van der Waals surface area (Å²) in [6.45, 7) is 0.333. The molecule has 3 rings (SSSR count). The molecule has 0 fully saturated rings. The minimum Gasteiger partial charge on any atom is -0.467 e. The van der Waals surface area contributed by atoms with Crippen molar-refractivity contribution in [3.8, 4) is 0 Å². The summed E-state index contributed by atoms with van der Waals surface area (Å²) in [5.41, 5.74) is 8.57. The number of rotatable bonds is 10. The topological polar surface area (TPSA) is 131 Å². The molecule has 11 heteroatoms. The molecule has 4 N–H and O–H groups in total. The number of esters is 1. The van der Waals surface area contributed by atoms with Crippen molar-refractivity contribution in [1.29, 1.82) is 0 Å². The van der Waals surface area contributed by atoms with Crippen LogP contribution in [0.1, 0.15) is 31.8 Å². The Balaban J connectivity index is 1.71. The Hall–Kier alpha value is -4.08. The normalized spacial score (nSPS) is 11.3. The molecule has 3 aromatic carbocycles. The van der Waals surface area contributed by atoms with Crippen LogP contribution in [-0.4, -0.2) is 49.3 Å². The quantitative estimate of drug-likeness (QED) is 0.197. The van der Waals surface area contributed by atoms with Gasteiger partial charge < -0.3 is 26.0 Å². The number of amides is 3. The summed E-state index contributed by atoms with van der Waals surface area (Å²) < 4.78 is 4.85. The molecule has 9 nitrogen and oxygen atoms in total. The highest BCUT2D eigenvalue weighted by Crippen LogP contribution is 2.24. The van der Waals surface area contributed by atoms with Crippen LogP contribution in [0.4, 0.5) is 11.4 Å². The van der Waals surface area contributed by atoms with Crippen LogP contribution in [0.3, 0.4) is 0 Å². The van der Waals surface area contributed by atoms with Gasteiger partial charge in [0.1, 0.15) is 6.04 Å². The van der Waals surface area contributed by atoms with Crippen LogP contribution in [-0.2, 0) is 27.3 Å². The van der Waals surface area contributed by atoms with Gasteiger partial charge in [0.05, 0.1) is 28.3 Å². The Morgan fingerprint density at radius 2 is 1.63 bits per heavy atom. The van der Waals surface area contributed by atoms with E-state index in [0.29, 0.717) is 29.9 Å². The minimum absolute atomic E-state index is 0.0592. The number of ether oxygens (including phenoxy) is 1. The lowest BCUT2D eigenvalue weighted by Crippen LogP contribution is -2.43.